The van der Waals surface area contributed by atoms with Gasteiger partial charge in [-0.05, 0) is 49.2 Å². The first-order valence-electron chi connectivity index (χ1n) is 10.7. The summed E-state index contributed by atoms with van der Waals surface area (Å²) < 4.78 is 36.3. The quantitative estimate of drug-likeness (QED) is 0.412. The molecular weight excluding hydrogens is 427 g/mol. The second-order valence-corrected chi connectivity index (χ2v) is 8.01. The Kier molecular flexibility index (Phi) is 5.38. The number of nitrogens with zero attached hydrogens (tertiary/aromatic N) is 1. The van der Waals surface area contributed by atoms with E-state index in [2.05, 4.69) is 10.5 Å². The van der Waals surface area contributed by atoms with Gasteiger partial charge in [-0.15, -0.1) is 0 Å². The Labute approximate surface area is 189 Å². The van der Waals surface area contributed by atoms with Gasteiger partial charge in [0.05, 0.1) is 23.9 Å². The van der Waals surface area contributed by atoms with Crippen molar-refractivity contribution in [2.45, 2.75) is 25.4 Å². The molecule has 0 unspecified atom stereocenters. The van der Waals surface area contributed by atoms with Crippen LogP contribution in [0.1, 0.15) is 40.6 Å². The van der Waals surface area contributed by atoms with E-state index >= 15 is 0 Å². The van der Waals surface area contributed by atoms with Crippen LogP contribution in [0, 0.1) is 5.82 Å². The van der Waals surface area contributed by atoms with Gasteiger partial charge in [-0.3, -0.25) is 4.79 Å². The van der Waals surface area contributed by atoms with Crippen molar-refractivity contribution >= 4 is 16.9 Å². The van der Waals surface area contributed by atoms with Gasteiger partial charge in [0.2, 0.25) is 0 Å². The molecule has 1 amide bonds. The van der Waals surface area contributed by atoms with Gasteiger partial charge in [0, 0.05) is 36.6 Å². The third-order valence-electron chi connectivity index (χ3n) is 5.87. The number of aromatic nitrogens is 1. The Morgan fingerprint density at radius 1 is 1.21 bits per heavy atom. The molecule has 170 valence electrons. The zero-order chi connectivity index (χ0) is 23.1. The third kappa shape index (κ3) is 3.66. The summed E-state index contributed by atoms with van der Waals surface area (Å²) in [6.45, 7) is 0.263. The molecule has 0 saturated heterocycles. The van der Waals surface area contributed by atoms with Gasteiger partial charge in [-0.1, -0.05) is 5.16 Å². The van der Waals surface area contributed by atoms with E-state index in [1.54, 1.807) is 39.5 Å². The average Bonchev–Trinajstić information content (AvgIpc) is 3.49. The first-order valence-corrected chi connectivity index (χ1v) is 10.7. The van der Waals surface area contributed by atoms with E-state index in [9.17, 15) is 9.18 Å². The van der Waals surface area contributed by atoms with E-state index in [1.165, 1.54) is 12.1 Å². The molecule has 1 aliphatic carbocycles. The number of carbonyl (C=O) groups is 1. The van der Waals surface area contributed by atoms with Crippen LogP contribution in [0.25, 0.3) is 33.4 Å². The fourth-order valence-corrected chi connectivity index (χ4v) is 4.13. The predicted octanol–water partition coefficient (Wildman–Crippen LogP) is 5.29. The van der Waals surface area contributed by atoms with E-state index in [4.69, 9.17) is 18.4 Å². The molecule has 1 saturated carbocycles. The maximum Gasteiger partial charge on any atom is 0.255 e. The lowest BCUT2D eigenvalue weighted by Crippen LogP contribution is -2.18. The monoisotopic (exact) mass is 450 g/mol. The number of benzene rings is 2. The van der Waals surface area contributed by atoms with Gasteiger partial charge < -0.3 is 23.7 Å². The Balaban J connectivity index is 1.76. The molecular formula is C25H23FN2O5. The van der Waals surface area contributed by atoms with E-state index in [1.807, 2.05) is 6.07 Å². The summed E-state index contributed by atoms with van der Waals surface area (Å²) in [5, 5.41) is 7.56. The molecule has 33 heavy (non-hydrogen) atoms. The highest BCUT2D eigenvalue weighted by Crippen LogP contribution is 2.48. The van der Waals surface area contributed by atoms with E-state index in [0.29, 0.717) is 45.3 Å². The number of halogens is 1. The molecule has 2 aromatic heterocycles. The molecule has 0 spiro atoms. The molecule has 7 nitrogen and oxygen atoms in total. The minimum absolute atomic E-state index is 0.263. The number of amides is 1. The molecule has 8 heteroatoms. The fourth-order valence-electron chi connectivity index (χ4n) is 4.13. The lowest BCUT2D eigenvalue weighted by atomic mass is 9.97. The maximum absolute atomic E-state index is 13.5. The Morgan fingerprint density at radius 2 is 1.97 bits per heavy atom. The van der Waals surface area contributed by atoms with E-state index in [0.717, 1.165) is 29.7 Å². The van der Waals surface area contributed by atoms with Crippen LogP contribution in [0.5, 0.6) is 5.75 Å². The molecule has 1 fully saturated rings. The predicted molar refractivity (Wildman–Crippen MR) is 120 cm³/mol. The van der Waals surface area contributed by atoms with Crippen LogP contribution in [-0.4, -0.2) is 32.3 Å². The zero-order valence-corrected chi connectivity index (χ0v) is 18.5. The second-order valence-electron chi connectivity index (χ2n) is 8.01. The molecule has 0 bridgehead atoms. The van der Waals surface area contributed by atoms with Gasteiger partial charge in [0.25, 0.3) is 5.91 Å². The largest absolute Gasteiger partial charge is 0.496 e. The fraction of sp³-hybridized carbons (Fsp3) is 0.280. The summed E-state index contributed by atoms with van der Waals surface area (Å²) in [7, 11) is 4.73. The summed E-state index contributed by atoms with van der Waals surface area (Å²) >= 11 is 0. The molecule has 2 aromatic carbocycles. The van der Waals surface area contributed by atoms with Crippen molar-refractivity contribution in [1.82, 2.24) is 10.5 Å². The standard InChI is InChI=1S/C25H23FN2O5/c1-27-25(29)22-17-10-18(31-3)16(21-20(12-30-2)33-28-23(21)13-4-5-13)11-19(17)32-24(22)14-6-8-15(26)9-7-14/h6-11,13H,4-5,12H2,1-3H3,(H,27,29). The second kappa shape index (κ2) is 8.37. The van der Waals surface area contributed by atoms with E-state index < -0.39 is 0 Å². The number of carbonyl (C=O) groups excluding carboxylic acids is 1. The molecule has 5 rings (SSSR count). The van der Waals surface area contributed by atoms with Gasteiger partial charge in [-0.2, -0.15) is 0 Å². The Morgan fingerprint density at radius 3 is 2.61 bits per heavy atom. The van der Waals surface area contributed by atoms with Crippen molar-refractivity contribution in [1.29, 1.82) is 0 Å². The lowest BCUT2D eigenvalue weighted by molar-refractivity contribution is 0.0964. The number of hydrogen-bond acceptors (Lipinski definition) is 6. The normalized spacial score (nSPS) is 13.5. The summed E-state index contributed by atoms with van der Waals surface area (Å²) in [5.41, 5.74) is 3.90. The van der Waals surface area contributed by atoms with Crippen molar-refractivity contribution in [3.8, 4) is 28.2 Å². The Hall–Kier alpha value is -3.65. The molecule has 2 heterocycles. The number of rotatable bonds is 7. The highest BCUT2D eigenvalue weighted by Gasteiger charge is 2.34. The average molecular weight is 450 g/mol. The molecule has 0 radical (unpaired) electrons. The topological polar surface area (TPSA) is 86.7 Å². The molecule has 0 atom stereocenters. The highest BCUT2D eigenvalue weighted by atomic mass is 19.1. The molecule has 0 aliphatic heterocycles. The van der Waals surface area contributed by atoms with Gasteiger partial charge in [-0.25, -0.2) is 4.39 Å². The highest BCUT2D eigenvalue weighted by molar-refractivity contribution is 6.12. The van der Waals surface area contributed by atoms with Crippen LogP contribution in [-0.2, 0) is 11.3 Å². The van der Waals surface area contributed by atoms with Crippen LogP contribution in [0.2, 0.25) is 0 Å². The minimum Gasteiger partial charge on any atom is -0.496 e. The van der Waals surface area contributed by atoms with Crippen molar-refractivity contribution in [3.05, 3.63) is 59.2 Å². The van der Waals surface area contributed by atoms with Crippen molar-refractivity contribution in [3.63, 3.8) is 0 Å². The number of nitrogens with one attached hydrogen (secondary N) is 1. The van der Waals surface area contributed by atoms with Crippen molar-refractivity contribution in [2.24, 2.45) is 0 Å². The van der Waals surface area contributed by atoms with Crippen molar-refractivity contribution in [2.75, 3.05) is 21.3 Å². The third-order valence-corrected chi connectivity index (χ3v) is 5.87. The molecule has 1 N–H and O–H groups in total. The summed E-state index contributed by atoms with van der Waals surface area (Å²) in [5.74, 6) is 1.17. The van der Waals surface area contributed by atoms with Gasteiger partial charge >= 0.3 is 0 Å². The zero-order valence-electron chi connectivity index (χ0n) is 18.5. The van der Waals surface area contributed by atoms with Crippen LogP contribution in [0.4, 0.5) is 4.39 Å². The number of methoxy groups -OCH3 is 2. The number of fused-ring (bicyclic) bond motifs is 1. The van der Waals surface area contributed by atoms with Crippen LogP contribution >= 0.6 is 0 Å². The van der Waals surface area contributed by atoms with Gasteiger partial charge in [0.15, 0.2) is 5.76 Å². The SMILES string of the molecule is CNC(=O)c1c(-c2ccc(F)cc2)oc2cc(-c3c(C4CC4)noc3COC)c(OC)cc12. The van der Waals surface area contributed by atoms with Crippen molar-refractivity contribution < 1.29 is 27.6 Å². The maximum atomic E-state index is 13.5. The summed E-state index contributed by atoms with van der Waals surface area (Å²) in [6, 6.07) is 9.45. The summed E-state index contributed by atoms with van der Waals surface area (Å²) in [6.07, 6.45) is 2.10. The van der Waals surface area contributed by atoms with Crippen LogP contribution in [0.15, 0.2) is 45.3 Å². The smallest absolute Gasteiger partial charge is 0.255 e. The van der Waals surface area contributed by atoms with E-state index in [-0.39, 0.29) is 18.3 Å². The van der Waals surface area contributed by atoms with Gasteiger partial charge in [0.1, 0.15) is 29.5 Å². The first-order chi connectivity index (χ1) is 16.0. The summed E-state index contributed by atoms with van der Waals surface area (Å²) in [4.78, 5) is 12.8. The van der Waals surface area contributed by atoms with Crippen LogP contribution < -0.4 is 10.1 Å². The molecule has 1 aliphatic rings. The number of hydrogen-bond donors (Lipinski definition) is 1. The molecule has 4 aromatic rings. The number of ether oxygens (including phenoxy) is 2. The first kappa shape index (κ1) is 21.2. The lowest BCUT2D eigenvalue weighted by Gasteiger charge is -2.10. The van der Waals surface area contributed by atoms with Crippen LogP contribution in [0.3, 0.4) is 0 Å². The number of furan rings is 1. The Bertz CT molecular complexity index is 1340. The minimum atomic E-state index is -0.369.